The molecular weight excluding hydrogens is 148 g/mol. The lowest BCUT2D eigenvalue weighted by Crippen LogP contribution is -2.32. The van der Waals surface area contributed by atoms with Gasteiger partial charge in [-0.3, -0.25) is 0 Å². The maximum atomic E-state index is 12.5. The van der Waals surface area contributed by atoms with Gasteiger partial charge in [-0.25, -0.2) is 8.78 Å². The molecule has 0 saturated carbocycles. The monoisotopic (exact) mass is 163 g/mol. The van der Waals surface area contributed by atoms with Gasteiger partial charge >= 0.3 is 0 Å². The SMILES string of the molecule is CC(F)(F)CC1CCCNC1. The summed E-state index contributed by atoms with van der Waals surface area (Å²) in [7, 11) is 0. The molecule has 0 aliphatic carbocycles. The Morgan fingerprint density at radius 3 is 2.73 bits per heavy atom. The highest BCUT2D eigenvalue weighted by Crippen LogP contribution is 2.26. The van der Waals surface area contributed by atoms with Crippen LogP contribution >= 0.6 is 0 Å². The Kier molecular flexibility index (Phi) is 2.82. The predicted molar refractivity (Wildman–Crippen MR) is 40.8 cm³/mol. The standard InChI is InChI=1S/C8H15F2N/c1-8(9,10)5-7-3-2-4-11-6-7/h7,11H,2-6H2,1H3. The second-order valence-corrected chi connectivity index (χ2v) is 3.49. The third kappa shape index (κ3) is 3.65. The van der Waals surface area contributed by atoms with Gasteiger partial charge in [0.25, 0.3) is 0 Å². The average molecular weight is 163 g/mol. The van der Waals surface area contributed by atoms with Gasteiger partial charge in [-0.05, 0) is 38.8 Å². The summed E-state index contributed by atoms with van der Waals surface area (Å²) in [5, 5.41) is 3.12. The molecule has 11 heavy (non-hydrogen) atoms. The second kappa shape index (κ2) is 3.48. The third-order valence-corrected chi connectivity index (χ3v) is 2.05. The van der Waals surface area contributed by atoms with Gasteiger partial charge < -0.3 is 5.32 Å². The van der Waals surface area contributed by atoms with Crippen molar-refractivity contribution in [2.24, 2.45) is 5.92 Å². The fraction of sp³-hybridized carbons (Fsp3) is 1.00. The van der Waals surface area contributed by atoms with Gasteiger partial charge in [-0.2, -0.15) is 0 Å². The summed E-state index contributed by atoms with van der Waals surface area (Å²) < 4.78 is 25.0. The van der Waals surface area contributed by atoms with Crippen molar-refractivity contribution in [3.63, 3.8) is 0 Å². The molecule has 0 spiro atoms. The van der Waals surface area contributed by atoms with Crippen molar-refractivity contribution in [2.75, 3.05) is 13.1 Å². The van der Waals surface area contributed by atoms with Crippen LogP contribution in [0.4, 0.5) is 8.78 Å². The van der Waals surface area contributed by atoms with Crippen LogP contribution in [-0.4, -0.2) is 19.0 Å². The van der Waals surface area contributed by atoms with Crippen LogP contribution in [0.5, 0.6) is 0 Å². The van der Waals surface area contributed by atoms with Crippen molar-refractivity contribution in [3.8, 4) is 0 Å². The van der Waals surface area contributed by atoms with E-state index in [1.165, 1.54) is 0 Å². The first-order valence-electron chi connectivity index (χ1n) is 4.16. The highest BCUT2D eigenvalue weighted by Gasteiger charge is 2.27. The van der Waals surface area contributed by atoms with Gasteiger partial charge in [0.1, 0.15) is 0 Å². The van der Waals surface area contributed by atoms with Crippen molar-refractivity contribution >= 4 is 0 Å². The fourth-order valence-corrected chi connectivity index (χ4v) is 1.61. The highest BCUT2D eigenvalue weighted by molar-refractivity contribution is 4.73. The van der Waals surface area contributed by atoms with E-state index in [0.29, 0.717) is 0 Å². The van der Waals surface area contributed by atoms with E-state index in [-0.39, 0.29) is 12.3 Å². The molecule has 0 radical (unpaired) electrons. The number of hydrogen-bond acceptors (Lipinski definition) is 1. The molecule has 1 nitrogen and oxygen atoms in total. The van der Waals surface area contributed by atoms with Crippen LogP contribution in [-0.2, 0) is 0 Å². The minimum atomic E-state index is -2.48. The van der Waals surface area contributed by atoms with E-state index >= 15 is 0 Å². The molecule has 1 saturated heterocycles. The van der Waals surface area contributed by atoms with Crippen LogP contribution in [0, 0.1) is 5.92 Å². The van der Waals surface area contributed by atoms with Crippen LogP contribution in [0.25, 0.3) is 0 Å². The average Bonchev–Trinajstić information content (AvgIpc) is 1.85. The zero-order chi connectivity index (χ0) is 8.32. The van der Waals surface area contributed by atoms with Crippen LogP contribution in [0.3, 0.4) is 0 Å². The van der Waals surface area contributed by atoms with Gasteiger partial charge in [0.2, 0.25) is 5.92 Å². The largest absolute Gasteiger partial charge is 0.316 e. The van der Waals surface area contributed by atoms with Gasteiger partial charge in [-0.15, -0.1) is 0 Å². The molecule has 0 amide bonds. The fourth-order valence-electron chi connectivity index (χ4n) is 1.61. The topological polar surface area (TPSA) is 12.0 Å². The summed E-state index contributed by atoms with van der Waals surface area (Å²) in [4.78, 5) is 0. The maximum absolute atomic E-state index is 12.5. The number of piperidine rings is 1. The molecule has 1 N–H and O–H groups in total. The van der Waals surface area contributed by atoms with Crippen molar-refractivity contribution in [3.05, 3.63) is 0 Å². The molecule has 1 aliphatic rings. The first-order valence-corrected chi connectivity index (χ1v) is 4.16. The highest BCUT2D eigenvalue weighted by atomic mass is 19.3. The van der Waals surface area contributed by atoms with Gasteiger partial charge in [0, 0.05) is 6.42 Å². The number of rotatable bonds is 2. The van der Waals surface area contributed by atoms with Crippen molar-refractivity contribution in [2.45, 2.75) is 32.1 Å². The van der Waals surface area contributed by atoms with E-state index in [4.69, 9.17) is 0 Å². The molecular formula is C8H15F2N. The lowest BCUT2D eigenvalue weighted by atomic mass is 9.94. The third-order valence-electron chi connectivity index (χ3n) is 2.05. The molecule has 1 atom stereocenters. The summed E-state index contributed by atoms with van der Waals surface area (Å²) in [5.41, 5.74) is 0. The van der Waals surface area contributed by atoms with Gasteiger partial charge in [-0.1, -0.05) is 0 Å². The number of halogens is 2. The Morgan fingerprint density at radius 1 is 1.55 bits per heavy atom. The molecule has 3 heteroatoms. The first-order chi connectivity index (χ1) is 5.08. The number of hydrogen-bond donors (Lipinski definition) is 1. The Bertz CT molecular complexity index is 114. The quantitative estimate of drug-likeness (QED) is 0.656. The molecule has 1 rings (SSSR count). The van der Waals surface area contributed by atoms with Gasteiger partial charge in [0.05, 0.1) is 0 Å². The minimum absolute atomic E-state index is 0.0417. The number of alkyl halides is 2. The lowest BCUT2D eigenvalue weighted by molar-refractivity contribution is -0.00659. The van der Waals surface area contributed by atoms with E-state index in [2.05, 4.69) is 5.32 Å². The Labute approximate surface area is 66.2 Å². The summed E-state index contributed by atoms with van der Waals surface area (Å²) >= 11 is 0. The molecule has 1 unspecified atom stereocenters. The van der Waals surface area contributed by atoms with E-state index in [1.807, 2.05) is 0 Å². The first kappa shape index (κ1) is 8.91. The van der Waals surface area contributed by atoms with Crippen molar-refractivity contribution < 1.29 is 8.78 Å². The van der Waals surface area contributed by atoms with Crippen LogP contribution in [0.15, 0.2) is 0 Å². The molecule has 0 aromatic heterocycles. The van der Waals surface area contributed by atoms with E-state index in [1.54, 1.807) is 0 Å². The Hall–Kier alpha value is -0.180. The molecule has 0 aromatic rings. The van der Waals surface area contributed by atoms with Crippen LogP contribution in [0.2, 0.25) is 0 Å². The Balaban J connectivity index is 2.24. The smallest absolute Gasteiger partial charge is 0.245 e. The van der Waals surface area contributed by atoms with Crippen molar-refractivity contribution in [1.82, 2.24) is 5.32 Å². The molecule has 66 valence electrons. The molecule has 0 aromatic carbocycles. The molecule has 0 bridgehead atoms. The van der Waals surface area contributed by atoms with Crippen molar-refractivity contribution in [1.29, 1.82) is 0 Å². The van der Waals surface area contributed by atoms with E-state index < -0.39 is 5.92 Å². The predicted octanol–water partition coefficient (Wildman–Crippen LogP) is 2.03. The summed E-state index contributed by atoms with van der Waals surface area (Å²) in [6.45, 7) is 2.76. The summed E-state index contributed by atoms with van der Waals surface area (Å²) in [6, 6.07) is 0. The second-order valence-electron chi connectivity index (χ2n) is 3.49. The number of nitrogens with one attached hydrogen (secondary N) is 1. The lowest BCUT2D eigenvalue weighted by Gasteiger charge is -2.24. The maximum Gasteiger partial charge on any atom is 0.245 e. The summed E-state index contributed by atoms with van der Waals surface area (Å²) in [5.74, 6) is -2.30. The molecule has 1 heterocycles. The van der Waals surface area contributed by atoms with Gasteiger partial charge in [0.15, 0.2) is 0 Å². The zero-order valence-corrected chi connectivity index (χ0v) is 6.87. The minimum Gasteiger partial charge on any atom is -0.316 e. The summed E-state index contributed by atoms with van der Waals surface area (Å²) in [6.07, 6.45) is 2.04. The molecule has 1 fully saturated rings. The zero-order valence-electron chi connectivity index (χ0n) is 6.87. The van der Waals surface area contributed by atoms with E-state index in [9.17, 15) is 8.78 Å². The molecule has 1 aliphatic heterocycles. The normalized spacial score (nSPS) is 27.0. The van der Waals surface area contributed by atoms with E-state index in [0.717, 1.165) is 32.9 Å². The van der Waals surface area contributed by atoms with Crippen LogP contribution < -0.4 is 5.32 Å². The Morgan fingerprint density at radius 2 is 2.27 bits per heavy atom. The van der Waals surface area contributed by atoms with Crippen LogP contribution in [0.1, 0.15) is 26.2 Å².